The van der Waals surface area contributed by atoms with Crippen molar-refractivity contribution in [1.29, 1.82) is 0 Å². The summed E-state index contributed by atoms with van der Waals surface area (Å²) in [5, 5.41) is 13.0. The van der Waals surface area contributed by atoms with Gasteiger partial charge >= 0.3 is 0 Å². The maximum absolute atomic E-state index is 9.54. The van der Waals surface area contributed by atoms with Crippen LogP contribution in [0.25, 0.3) is 0 Å². The van der Waals surface area contributed by atoms with Crippen LogP contribution in [0.2, 0.25) is 0 Å². The van der Waals surface area contributed by atoms with Crippen molar-refractivity contribution in [3.63, 3.8) is 0 Å². The Balaban J connectivity index is 2.05. The quantitative estimate of drug-likeness (QED) is 0.814. The first-order valence-corrected chi connectivity index (χ1v) is 6.78. The Hall–Kier alpha value is -2.16. The Morgan fingerprint density at radius 2 is 1.95 bits per heavy atom. The number of phenols is 1. The predicted octanol–water partition coefficient (Wildman–Crippen LogP) is 3.75. The van der Waals surface area contributed by atoms with Gasteiger partial charge in [-0.1, -0.05) is 18.2 Å². The lowest BCUT2D eigenvalue weighted by Gasteiger charge is -2.17. The molecule has 0 amide bonds. The minimum atomic E-state index is 0.273. The Morgan fingerprint density at radius 3 is 2.65 bits per heavy atom. The fourth-order valence-corrected chi connectivity index (χ4v) is 2.28. The average molecular weight is 271 g/mol. The van der Waals surface area contributed by atoms with E-state index in [9.17, 15) is 5.11 Å². The molecule has 3 heteroatoms. The van der Waals surface area contributed by atoms with Gasteiger partial charge in [0.1, 0.15) is 11.5 Å². The highest BCUT2D eigenvalue weighted by molar-refractivity contribution is 5.51. The monoisotopic (exact) mass is 271 g/mol. The highest BCUT2D eigenvalue weighted by Gasteiger charge is 2.08. The highest BCUT2D eigenvalue weighted by Crippen LogP contribution is 2.23. The number of ether oxygens (including phenoxy) is 1. The third-order valence-corrected chi connectivity index (χ3v) is 3.33. The fourth-order valence-electron chi connectivity index (χ4n) is 2.28. The molecule has 0 bridgehead atoms. The first-order valence-electron chi connectivity index (χ1n) is 6.78. The van der Waals surface area contributed by atoms with Gasteiger partial charge in [0, 0.05) is 11.7 Å². The number of nitrogens with one attached hydrogen (secondary N) is 1. The molecule has 0 aliphatic carbocycles. The number of hydrogen-bond donors (Lipinski definition) is 2. The second-order valence-electron chi connectivity index (χ2n) is 5.06. The van der Waals surface area contributed by atoms with Crippen LogP contribution < -0.4 is 10.1 Å². The Kier molecular flexibility index (Phi) is 4.51. The molecule has 0 aliphatic heterocycles. The standard InChI is InChI=1S/C17H21NO2/c1-12-10-15(8-9-16(12)19)18-13(2)11-14-6-4-5-7-17(14)20-3/h4-10,13,18-19H,11H2,1-3H3. The molecular formula is C17H21NO2. The maximum atomic E-state index is 9.54. The van der Waals surface area contributed by atoms with E-state index in [1.165, 1.54) is 5.56 Å². The zero-order valence-electron chi connectivity index (χ0n) is 12.2. The number of phenolic OH excluding ortho intramolecular Hbond substituents is 1. The first-order chi connectivity index (χ1) is 9.60. The van der Waals surface area contributed by atoms with Gasteiger partial charge in [-0.3, -0.25) is 0 Å². The number of methoxy groups -OCH3 is 1. The van der Waals surface area contributed by atoms with Gasteiger partial charge in [-0.05, 0) is 55.7 Å². The van der Waals surface area contributed by atoms with Crippen LogP contribution >= 0.6 is 0 Å². The molecule has 2 N–H and O–H groups in total. The molecule has 0 saturated heterocycles. The molecule has 0 saturated carbocycles. The second-order valence-corrected chi connectivity index (χ2v) is 5.06. The summed E-state index contributed by atoms with van der Waals surface area (Å²) in [5.74, 6) is 1.25. The van der Waals surface area contributed by atoms with Crippen molar-refractivity contribution in [3.05, 3.63) is 53.6 Å². The minimum Gasteiger partial charge on any atom is -0.508 e. The summed E-state index contributed by atoms with van der Waals surface area (Å²) in [5.41, 5.74) is 3.08. The van der Waals surface area contributed by atoms with Crippen LogP contribution in [0.1, 0.15) is 18.1 Å². The molecule has 1 atom stereocenters. The third-order valence-electron chi connectivity index (χ3n) is 3.33. The number of benzene rings is 2. The zero-order chi connectivity index (χ0) is 14.5. The van der Waals surface area contributed by atoms with E-state index in [1.54, 1.807) is 13.2 Å². The van der Waals surface area contributed by atoms with Gasteiger partial charge in [0.2, 0.25) is 0 Å². The molecule has 106 valence electrons. The molecule has 0 spiro atoms. The van der Waals surface area contributed by atoms with Gasteiger partial charge in [0.05, 0.1) is 7.11 Å². The van der Waals surface area contributed by atoms with Crippen LogP contribution in [-0.2, 0) is 6.42 Å². The fraction of sp³-hybridized carbons (Fsp3) is 0.294. The molecule has 0 aromatic heterocycles. The number of aryl methyl sites for hydroxylation is 1. The number of hydrogen-bond acceptors (Lipinski definition) is 3. The normalized spacial score (nSPS) is 11.9. The molecule has 2 aromatic rings. The third kappa shape index (κ3) is 3.44. The van der Waals surface area contributed by atoms with Crippen LogP contribution in [0.5, 0.6) is 11.5 Å². The Labute approximate surface area is 120 Å². The SMILES string of the molecule is COc1ccccc1CC(C)Nc1ccc(O)c(C)c1. The summed E-state index contributed by atoms with van der Waals surface area (Å²) in [6.45, 7) is 4.03. The van der Waals surface area contributed by atoms with Gasteiger partial charge in [-0.2, -0.15) is 0 Å². The van der Waals surface area contributed by atoms with Crippen molar-refractivity contribution >= 4 is 5.69 Å². The van der Waals surface area contributed by atoms with E-state index in [0.717, 1.165) is 23.4 Å². The summed E-state index contributed by atoms with van der Waals surface area (Å²) in [6, 6.07) is 13.9. The van der Waals surface area contributed by atoms with E-state index in [-0.39, 0.29) is 6.04 Å². The maximum Gasteiger partial charge on any atom is 0.122 e. The number of anilines is 1. The molecule has 0 heterocycles. The van der Waals surface area contributed by atoms with Crippen molar-refractivity contribution < 1.29 is 9.84 Å². The van der Waals surface area contributed by atoms with Gasteiger partial charge < -0.3 is 15.2 Å². The topological polar surface area (TPSA) is 41.5 Å². The molecule has 0 radical (unpaired) electrons. The van der Waals surface area contributed by atoms with Gasteiger partial charge in [-0.15, -0.1) is 0 Å². The van der Waals surface area contributed by atoms with Gasteiger partial charge in [-0.25, -0.2) is 0 Å². The van der Waals surface area contributed by atoms with Crippen molar-refractivity contribution in [2.24, 2.45) is 0 Å². The lowest BCUT2D eigenvalue weighted by Crippen LogP contribution is -2.18. The Bertz CT molecular complexity index is 581. The first kappa shape index (κ1) is 14.3. The largest absolute Gasteiger partial charge is 0.508 e. The predicted molar refractivity (Wildman–Crippen MR) is 82.6 cm³/mol. The molecule has 3 nitrogen and oxygen atoms in total. The molecular weight excluding hydrogens is 250 g/mol. The van der Waals surface area contributed by atoms with Crippen molar-refractivity contribution in [1.82, 2.24) is 0 Å². The summed E-state index contributed by atoms with van der Waals surface area (Å²) in [6.07, 6.45) is 0.879. The smallest absolute Gasteiger partial charge is 0.122 e. The lowest BCUT2D eigenvalue weighted by atomic mass is 10.1. The van der Waals surface area contributed by atoms with E-state index in [0.29, 0.717) is 5.75 Å². The van der Waals surface area contributed by atoms with E-state index < -0.39 is 0 Å². The Morgan fingerprint density at radius 1 is 1.20 bits per heavy atom. The average Bonchev–Trinajstić information content (AvgIpc) is 2.43. The number of para-hydroxylation sites is 1. The zero-order valence-corrected chi connectivity index (χ0v) is 12.2. The van der Waals surface area contributed by atoms with E-state index in [2.05, 4.69) is 18.3 Å². The van der Waals surface area contributed by atoms with Crippen LogP contribution in [0.3, 0.4) is 0 Å². The van der Waals surface area contributed by atoms with Crippen LogP contribution in [0.15, 0.2) is 42.5 Å². The molecule has 0 aliphatic rings. The summed E-state index contributed by atoms with van der Waals surface area (Å²) in [4.78, 5) is 0. The molecule has 20 heavy (non-hydrogen) atoms. The molecule has 1 unspecified atom stereocenters. The molecule has 2 aromatic carbocycles. The summed E-state index contributed by atoms with van der Waals surface area (Å²) in [7, 11) is 1.69. The summed E-state index contributed by atoms with van der Waals surface area (Å²) >= 11 is 0. The molecule has 2 rings (SSSR count). The number of aromatic hydroxyl groups is 1. The summed E-state index contributed by atoms with van der Waals surface area (Å²) < 4.78 is 5.37. The van der Waals surface area contributed by atoms with Crippen molar-refractivity contribution in [2.45, 2.75) is 26.3 Å². The van der Waals surface area contributed by atoms with Crippen LogP contribution in [0, 0.1) is 6.92 Å². The van der Waals surface area contributed by atoms with E-state index in [4.69, 9.17) is 4.74 Å². The van der Waals surface area contributed by atoms with Crippen molar-refractivity contribution in [3.8, 4) is 11.5 Å². The highest BCUT2D eigenvalue weighted by atomic mass is 16.5. The number of rotatable bonds is 5. The lowest BCUT2D eigenvalue weighted by molar-refractivity contribution is 0.409. The van der Waals surface area contributed by atoms with Crippen molar-refractivity contribution in [2.75, 3.05) is 12.4 Å². The van der Waals surface area contributed by atoms with Gasteiger partial charge in [0.25, 0.3) is 0 Å². The van der Waals surface area contributed by atoms with E-state index >= 15 is 0 Å². The second kappa shape index (κ2) is 6.33. The van der Waals surface area contributed by atoms with E-state index in [1.807, 2.05) is 37.3 Å². The minimum absolute atomic E-state index is 0.273. The molecule has 0 fully saturated rings. The van der Waals surface area contributed by atoms with Crippen LogP contribution in [-0.4, -0.2) is 18.3 Å². The van der Waals surface area contributed by atoms with Gasteiger partial charge in [0.15, 0.2) is 0 Å². The van der Waals surface area contributed by atoms with Crippen LogP contribution in [0.4, 0.5) is 5.69 Å².